The first-order chi connectivity index (χ1) is 11.1. The molecule has 0 spiro atoms. The number of carboxylic acids is 1. The highest BCUT2D eigenvalue weighted by atomic mass is 16.5. The molecule has 128 valence electrons. The molecule has 23 heavy (non-hydrogen) atoms. The molecule has 0 atom stereocenters. The maximum atomic E-state index is 11.0. The van der Waals surface area contributed by atoms with Gasteiger partial charge in [0.05, 0.1) is 19.6 Å². The second-order valence-electron chi connectivity index (χ2n) is 5.72. The van der Waals surface area contributed by atoms with Crippen molar-refractivity contribution >= 4 is 5.97 Å². The van der Waals surface area contributed by atoms with Crippen molar-refractivity contribution in [3.63, 3.8) is 0 Å². The number of benzene rings is 1. The third kappa shape index (κ3) is 5.11. The first-order valence-electron chi connectivity index (χ1n) is 7.88. The minimum Gasteiger partial charge on any atom is -0.493 e. The summed E-state index contributed by atoms with van der Waals surface area (Å²) in [7, 11) is 3.26. The predicted octanol–water partition coefficient (Wildman–Crippen LogP) is 2.02. The van der Waals surface area contributed by atoms with Gasteiger partial charge in [-0.3, -0.25) is 9.69 Å². The summed E-state index contributed by atoms with van der Waals surface area (Å²) < 4.78 is 16.0. The smallest absolute Gasteiger partial charge is 0.306 e. The number of rotatable bonds is 8. The number of carboxylic acid groups (broad SMARTS) is 1. The third-order valence-electron chi connectivity index (χ3n) is 4.12. The number of likely N-dealkylation sites (tertiary alicyclic amines) is 1. The Morgan fingerprint density at radius 1 is 1.22 bits per heavy atom. The number of hydrogen-bond donors (Lipinski definition) is 1. The average molecular weight is 323 g/mol. The molecule has 0 aromatic heterocycles. The molecule has 1 saturated heterocycles. The van der Waals surface area contributed by atoms with Gasteiger partial charge in [0.2, 0.25) is 0 Å². The molecular weight excluding hydrogens is 298 g/mol. The van der Waals surface area contributed by atoms with Crippen LogP contribution in [-0.4, -0.2) is 56.5 Å². The maximum Gasteiger partial charge on any atom is 0.306 e. The van der Waals surface area contributed by atoms with E-state index in [1.165, 1.54) is 0 Å². The summed E-state index contributed by atoms with van der Waals surface area (Å²) in [5, 5.41) is 9.04. The minimum atomic E-state index is -0.677. The summed E-state index contributed by atoms with van der Waals surface area (Å²) in [6, 6.07) is 5.91. The Morgan fingerprint density at radius 3 is 2.57 bits per heavy atom. The molecular formula is C17H25NO5. The van der Waals surface area contributed by atoms with Crippen molar-refractivity contribution in [2.24, 2.45) is 5.92 Å². The van der Waals surface area contributed by atoms with Crippen LogP contribution in [0, 0.1) is 5.92 Å². The molecule has 0 aliphatic carbocycles. The van der Waals surface area contributed by atoms with Gasteiger partial charge in [0, 0.05) is 13.7 Å². The molecule has 0 saturated carbocycles. The topological polar surface area (TPSA) is 68.2 Å². The maximum absolute atomic E-state index is 11.0. The number of piperidine rings is 1. The third-order valence-corrected chi connectivity index (χ3v) is 4.12. The standard InChI is InChI=1S/C17H25NO5/c1-21-9-10-23-15-4-3-13(11-16(15)22-2)12-18-7-5-14(6-8-18)17(19)20/h3-4,11,14H,5-10,12H2,1-2H3,(H,19,20). The van der Waals surface area contributed by atoms with Gasteiger partial charge in [-0.25, -0.2) is 0 Å². The molecule has 1 aliphatic heterocycles. The zero-order valence-electron chi connectivity index (χ0n) is 13.8. The van der Waals surface area contributed by atoms with Crippen LogP contribution in [0.15, 0.2) is 18.2 Å². The number of carbonyl (C=O) groups is 1. The van der Waals surface area contributed by atoms with E-state index in [4.69, 9.17) is 19.3 Å². The fourth-order valence-corrected chi connectivity index (χ4v) is 2.76. The monoisotopic (exact) mass is 323 g/mol. The molecule has 1 heterocycles. The van der Waals surface area contributed by atoms with Crippen molar-refractivity contribution in [3.05, 3.63) is 23.8 Å². The summed E-state index contributed by atoms with van der Waals surface area (Å²) >= 11 is 0. The average Bonchev–Trinajstić information content (AvgIpc) is 2.56. The number of methoxy groups -OCH3 is 2. The predicted molar refractivity (Wildman–Crippen MR) is 86.0 cm³/mol. The van der Waals surface area contributed by atoms with Gasteiger partial charge in [-0.1, -0.05) is 6.07 Å². The van der Waals surface area contributed by atoms with Crippen molar-refractivity contribution in [3.8, 4) is 11.5 Å². The molecule has 1 aromatic carbocycles. The molecule has 1 aromatic rings. The molecule has 6 heteroatoms. The fourth-order valence-electron chi connectivity index (χ4n) is 2.76. The van der Waals surface area contributed by atoms with Crippen LogP contribution in [0.25, 0.3) is 0 Å². The molecule has 0 amide bonds. The molecule has 0 unspecified atom stereocenters. The highest BCUT2D eigenvalue weighted by Gasteiger charge is 2.24. The van der Waals surface area contributed by atoms with E-state index >= 15 is 0 Å². The van der Waals surface area contributed by atoms with Gasteiger partial charge in [-0.15, -0.1) is 0 Å². The molecule has 6 nitrogen and oxygen atoms in total. The van der Waals surface area contributed by atoms with Crippen LogP contribution >= 0.6 is 0 Å². The summed E-state index contributed by atoms with van der Waals surface area (Å²) in [5.74, 6) is 0.540. The van der Waals surface area contributed by atoms with Gasteiger partial charge >= 0.3 is 5.97 Å². The molecule has 1 N–H and O–H groups in total. The van der Waals surface area contributed by atoms with Crippen LogP contribution in [0.4, 0.5) is 0 Å². The second kappa shape index (κ2) is 8.74. The van der Waals surface area contributed by atoms with Crippen molar-refractivity contribution in [2.45, 2.75) is 19.4 Å². The van der Waals surface area contributed by atoms with E-state index in [0.717, 1.165) is 25.2 Å². The number of nitrogens with zero attached hydrogens (tertiary/aromatic N) is 1. The highest BCUT2D eigenvalue weighted by molar-refractivity contribution is 5.70. The van der Waals surface area contributed by atoms with E-state index in [2.05, 4.69) is 4.90 Å². The quantitative estimate of drug-likeness (QED) is 0.738. The lowest BCUT2D eigenvalue weighted by atomic mass is 9.97. The van der Waals surface area contributed by atoms with Crippen molar-refractivity contribution < 1.29 is 24.1 Å². The fraction of sp³-hybridized carbons (Fsp3) is 0.588. The van der Waals surface area contributed by atoms with E-state index in [-0.39, 0.29) is 5.92 Å². The van der Waals surface area contributed by atoms with Crippen LogP contribution in [0.3, 0.4) is 0 Å². The van der Waals surface area contributed by atoms with Gasteiger partial charge in [0.25, 0.3) is 0 Å². The van der Waals surface area contributed by atoms with Crippen molar-refractivity contribution in [2.75, 3.05) is 40.5 Å². The minimum absolute atomic E-state index is 0.197. The molecule has 1 aliphatic rings. The Kier molecular flexibility index (Phi) is 6.67. The molecule has 2 rings (SSSR count). The normalized spacial score (nSPS) is 16.3. The number of hydrogen-bond acceptors (Lipinski definition) is 5. The summed E-state index contributed by atoms with van der Waals surface area (Å²) in [4.78, 5) is 13.3. The zero-order chi connectivity index (χ0) is 16.7. The highest BCUT2D eigenvalue weighted by Crippen LogP contribution is 2.29. The van der Waals surface area contributed by atoms with E-state index < -0.39 is 5.97 Å². The first kappa shape index (κ1) is 17.6. The van der Waals surface area contributed by atoms with Crippen LogP contribution < -0.4 is 9.47 Å². The lowest BCUT2D eigenvalue weighted by molar-refractivity contribution is -0.143. The van der Waals surface area contributed by atoms with Gasteiger partial charge < -0.3 is 19.3 Å². The summed E-state index contributed by atoms with van der Waals surface area (Å²) in [6.07, 6.45) is 1.43. The van der Waals surface area contributed by atoms with Crippen LogP contribution in [0.5, 0.6) is 11.5 Å². The lowest BCUT2D eigenvalue weighted by Crippen LogP contribution is -2.35. The van der Waals surface area contributed by atoms with Crippen LogP contribution in [-0.2, 0) is 16.1 Å². The second-order valence-corrected chi connectivity index (χ2v) is 5.72. The van der Waals surface area contributed by atoms with Crippen molar-refractivity contribution in [1.82, 2.24) is 4.90 Å². The van der Waals surface area contributed by atoms with Gasteiger partial charge in [0.15, 0.2) is 11.5 Å². The van der Waals surface area contributed by atoms with E-state index in [1.807, 2.05) is 18.2 Å². The Hall–Kier alpha value is -1.79. The van der Waals surface area contributed by atoms with Crippen LogP contribution in [0.1, 0.15) is 18.4 Å². The van der Waals surface area contributed by atoms with Gasteiger partial charge in [-0.05, 0) is 43.6 Å². The van der Waals surface area contributed by atoms with E-state index in [9.17, 15) is 4.79 Å². The summed E-state index contributed by atoms with van der Waals surface area (Å²) in [6.45, 7) is 3.43. The summed E-state index contributed by atoms with van der Waals surface area (Å²) in [5.41, 5.74) is 1.13. The Labute approximate surface area is 136 Å². The lowest BCUT2D eigenvalue weighted by Gasteiger charge is -2.30. The van der Waals surface area contributed by atoms with E-state index in [0.29, 0.717) is 37.6 Å². The Bertz CT molecular complexity index is 512. The van der Waals surface area contributed by atoms with Gasteiger partial charge in [0.1, 0.15) is 6.61 Å². The van der Waals surface area contributed by atoms with Crippen LogP contribution in [0.2, 0.25) is 0 Å². The SMILES string of the molecule is COCCOc1ccc(CN2CCC(C(=O)O)CC2)cc1OC. The molecule has 0 radical (unpaired) electrons. The number of aliphatic carboxylic acids is 1. The van der Waals surface area contributed by atoms with E-state index in [1.54, 1.807) is 14.2 Å². The van der Waals surface area contributed by atoms with Gasteiger partial charge in [-0.2, -0.15) is 0 Å². The Morgan fingerprint density at radius 2 is 1.96 bits per heavy atom. The Balaban J connectivity index is 1.92. The number of ether oxygens (including phenoxy) is 3. The molecule has 0 bridgehead atoms. The zero-order valence-corrected chi connectivity index (χ0v) is 13.8. The first-order valence-corrected chi connectivity index (χ1v) is 7.88. The largest absolute Gasteiger partial charge is 0.493 e. The van der Waals surface area contributed by atoms with Crippen molar-refractivity contribution in [1.29, 1.82) is 0 Å². The molecule has 1 fully saturated rings.